The average molecular weight is 372 g/mol. The molecule has 1 unspecified atom stereocenters. The summed E-state index contributed by atoms with van der Waals surface area (Å²) in [5, 5.41) is 4.10. The van der Waals surface area contributed by atoms with Crippen LogP contribution in [0.15, 0.2) is 42.5 Å². The van der Waals surface area contributed by atoms with Crippen LogP contribution in [0.5, 0.6) is 0 Å². The maximum absolute atomic E-state index is 12.5. The van der Waals surface area contributed by atoms with Gasteiger partial charge in [0.25, 0.3) is 5.91 Å². The summed E-state index contributed by atoms with van der Waals surface area (Å²) in [6.45, 7) is 5.00. The highest BCUT2D eigenvalue weighted by atomic mass is 16.6. The van der Waals surface area contributed by atoms with E-state index in [1.807, 2.05) is 30.3 Å². The maximum atomic E-state index is 12.5. The van der Waals surface area contributed by atoms with Gasteiger partial charge in [-0.1, -0.05) is 42.5 Å². The molecular formula is C20H24N2O5. The van der Waals surface area contributed by atoms with Crippen molar-refractivity contribution >= 4 is 28.7 Å². The number of hydrogen-bond donors (Lipinski definition) is 2. The standard InChI is InChI=1S/C20H24N2O5/c1-19(2,3)27-18(25)22-20(16(21)23,17(24)26-4)12-14-10-7-9-13-8-5-6-11-15(13)14/h5-11H,12H2,1-4H3,(H2,21,23)(H,22,25). The van der Waals surface area contributed by atoms with Gasteiger partial charge in [0.2, 0.25) is 5.54 Å². The molecule has 0 bridgehead atoms. The molecule has 144 valence electrons. The topological polar surface area (TPSA) is 108 Å². The second-order valence-electron chi connectivity index (χ2n) is 7.20. The summed E-state index contributed by atoms with van der Waals surface area (Å²) >= 11 is 0. The Bertz CT molecular complexity index is 867. The van der Waals surface area contributed by atoms with Gasteiger partial charge in [0.05, 0.1) is 7.11 Å². The smallest absolute Gasteiger partial charge is 0.408 e. The SMILES string of the molecule is COC(=O)C(Cc1cccc2ccccc12)(NC(=O)OC(C)(C)C)C(N)=O. The lowest BCUT2D eigenvalue weighted by atomic mass is 9.87. The number of nitrogens with one attached hydrogen (secondary N) is 1. The number of nitrogens with two attached hydrogens (primary N) is 1. The molecule has 2 aromatic carbocycles. The molecule has 1 atom stereocenters. The van der Waals surface area contributed by atoms with Gasteiger partial charge >= 0.3 is 12.1 Å². The summed E-state index contributed by atoms with van der Waals surface area (Å²) in [5.41, 5.74) is 3.29. The molecule has 0 saturated carbocycles. The van der Waals surface area contributed by atoms with E-state index in [1.165, 1.54) is 0 Å². The van der Waals surface area contributed by atoms with Crippen molar-refractivity contribution in [3.63, 3.8) is 0 Å². The summed E-state index contributed by atoms with van der Waals surface area (Å²) in [7, 11) is 1.12. The lowest BCUT2D eigenvalue weighted by molar-refractivity contribution is -0.153. The number of ether oxygens (including phenoxy) is 2. The molecule has 0 spiro atoms. The van der Waals surface area contributed by atoms with Crippen molar-refractivity contribution < 1.29 is 23.9 Å². The summed E-state index contributed by atoms with van der Waals surface area (Å²) in [6.07, 6.45) is -1.11. The predicted octanol–water partition coefficient (Wildman–Crippen LogP) is 2.30. The Morgan fingerprint density at radius 1 is 1.04 bits per heavy atom. The van der Waals surface area contributed by atoms with Crippen LogP contribution in [-0.2, 0) is 25.5 Å². The zero-order valence-electron chi connectivity index (χ0n) is 15.9. The van der Waals surface area contributed by atoms with E-state index in [4.69, 9.17) is 15.2 Å². The number of hydrogen-bond acceptors (Lipinski definition) is 5. The fourth-order valence-electron chi connectivity index (χ4n) is 2.80. The number of rotatable bonds is 5. The van der Waals surface area contributed by atoms with Crippen LogP contribution in [0, 0.1) is 0 Å². The van der Waals surface area contributed by atoms with Gasteiger partial charge in [-0.2, -0.15) is 0 Å². The molecule has 0 fully saturated rings. The molecular weight excluding hydrogens is 348 g/mol. The van der Waals surface area contributed by atoms with Gasteiger partial charge in [-0.05, 0) is 37.1 Å². The molecule has 0 radical (unpaired) electrons. The van der Waals surface area contributed by atoms with E-state index in [-0.39, 0.29) is 6.42 Å². The largest absolute Gasteiger partial charge is 0.467 e. The second-order valence-corrected chi connectivity index (χ2v) is 7.20. The molecule has 27 heavy (non-hydrogen) atoms. The zero-order valence-corrected chi connectivity index (χ0v) is 15.9. The minimum Gasteiger partial charge on any atom is -0.467 e. The average Bonchev–Trinajstić information content (AvgIpc) is 2.58. The highest BCUT2D eigenvalue weighted by Gasteiger charge is 2.48. The quantitative estimate of drug-likeness (QED) is 0.618. The number of carbonyl (C=O) groups excluding carboxylic acids is 3. The Balaban J connectivity index is 2.50. The minimum atomic E-state index is -2.10. The molecule has 0 aromatic heterocycles. The van der Waals surface area contributed by atoms with Crippen LogP contribution in [0.25, 0.3) is 10.8 Å². The number of methoxy groups -OCH3 is 1. The van der Waals surface area contributed by atoms with E-state index >= 15 is 0 Å². The lowest BCUT2D eigenvalue weighted by Gasteiger charge is -2.30. The first-order chi connectivity index (χ1) is 12.6. The van der Waals surface area contributed by atoms with Crippen molar-refractivity contribution in [1.82, 2.24) is 5.32 Å². The van der Waals surface area contributed by atoms with E-state index in [1.54, 1.807) is 32.9 Å². The van der Waals surface area contributed by atoms with Crippen molar-refractivity contribution in [2.24, 2.45) is 5.73 Å². The van der Waals surface area contributed by atoms with Gasteiger partial charge in [0, 0.05) is 6.42 Å². The summed E-state index contributed by atoms with van der Waals surface area (Å²) in [4.78, 5) is 37.1. The van der Waals surface area contributed by atoms with Gasteiger partial charge in [0.15, 0.2) is 0 Å². The second kappa shape index (κ2) is 7.65. The van der Waals surface area contributed by atoms with Crippen molar-refractivity contribution in [3.8, 4) is 0 Å². The zero-order chi connectivity index (χ0) is 20.2. The molecule has 2 amide bonds. The summed E-state index contributed by atoms with van der Waals surface area (Å²) in [6, 6.07) is 13.0. The summed E-state index contributed by atoms with van der Waals surface area (Å²) in [5.74, 6) is -2.00. The summed E-state index contributed by atoms with van der Waals surface area (Å²) < 4.78 is 9.98. The third-order valence-electron chi connectivity index (χ3n) is 4.00. The first-order valence-electron chi connectivity index (χ1n) is 8.45. The molecule has 0 aliphatic carbocycles. The van der Waals surface area contributed by atoms with E-state index in [9.17, 15) is 14.4 Å². The molecule has 7 nitrogen and oxygen atoms in total. The number of benzene rings is 2. The van der Waals surface area contributed by atoms with Gasteiger partial charge in [0.1, 0.15) is 5.60 Å². The number of carbonyl (C=O) groups is 3. The first-order valence-corrected chi connectivity index (χ1v) is 8.45. The van der Waals surface area contributed by atoms with Crippen molar-refractivity contribution in [1.29, 1.82) is 0 Å². The Labute approximate surface area is 157 Å². The number of alkyl carbamates (subject to hydrolysis) is 1. The molecule has 0 aliphatic rings. The van der Waals surface area contributed by atoms with Gasteiger partial charge in [-0.25, -0.2) is 9.59 Å². The van der Waals surface area contributed by atoms with E-state index in [2.05, 4.69) is 5.32 Å². The maximum Gasteiger partial charge on any atom is 0.408 e. The molecule has 3 N–H and O–H groups in total. The highest BCUT2D eigenvalue weighted by molar-refractivity contribution is 6.09. The Morgan fingerprint density at radius 3 is 2.26 bits per heavy atom. The predicted molar refractivity (Wildman–Crippen MR) is 101 cm³/mol. The van der Waals surface area contributed by atoms with Crippen LogP contribution in [-0.4, -0.2) is 36.2 Å². The highest BCUT2D eigenvalue weighted by Crippen LogP contribution is 2.24. The van der Waals surface area contributed by atoms with Crippen LogP contribution >= 0.6 is 0 Å². The Hall–Kier alpha value is -3.09. The van der Waals surface area contributed by atoms with E-state index in [0.717, 1.165) is 17.9 Å². The molecule has 7 heteroatoms. The molecule has 0 saturated heterocycles. The van der Waals surface area contributed by atoms with Gasteiger partial charge in [-0.3, -0.25) is 10.1 Å². The van der Waals surface area contributed by atoms with Gasteiger partial charge in [-0.15, -0.1) is 0 Å². The minimum absolute atomic E-state index is 0.171. The number of esters is 1. The molecule has 0 heterocycles. The third kappa shape index (κ3) is 4.55. The van der Waals surface area contributed by atoms with Crippen LogP contribution in [0.3, 0.4) is 0 Å². The molecule has 2 rings (SSSR count). The van der Waals surface area contributed by atoms with Gasteiger partial charge < -0.3 is 15.2 Å². The monoisotopic (exact) mass is 372 g/mol. The van der Waals surface area contributed by atoms with Crippen LogP contribution < -0.4 is 11.1 Å². The number of fused-ring (bicyclic) bond motifs is 1. The van der Waals surface area contributed by atoms with E-state index < -0.39 is 29.1 Å². The number of amides is 2. The van der Waals surface area contributed by atoms with Crippen molar-refractivity contribution in [3.05, 3.63) is 48.0 Å². The fourth-order valence-corrected chi connectivity index (χ4v) is 2.80. The van der Waals surface area contributed by atoms with Crippen LogP contribution in [0.1, 0.15) is 26.3 Å². The molecule has 0 aliphatic heterocycles. The number of primary amides is 1. The van der Waals surface area contributed by atoms with E-state index in [0.29, 0.717) is 5.56 Å². The van der Waals surface area contributed by atoms with Crippen molar-refractivity contribution in [2.45, 2.75) is 38.3 Å². The van der Waals surface area contributed by atoms with Crippen LogP contribution in [0.2, 0.25) is 0 Å². The molecule has 2 aromatic rings. The fraction of sp³-hybridized carbons (Fsp3) is 0.350. The first kappa shape index (κ1) is 20.2. The Kier molecular flexibility index (Phi) is 5.73. The lowest BCUT2D eigenvalue weighted by Crippen LogP contribution is -2.65. The third-order valence-corrected chi connectivity index (χ3v) is 4.00. The van der Waals surface area contributed by atoms with Crippen LogP contribution in [0.4, 0.5) is 4.79 Å². The Morgan fingerprint density at radius 2 is 1.67 bits per heavy atom. The normalized spacial score (nSPS) is 13.5. The van der Waals surface area contributed by atoms with Crippen molar-refractivity contribution in [2.75, 3.05) is 7.11 Å².